The van der Waals surface area contributed by atoms with Gasteiger partial charge >= 0.3 is 12.4 Å². The van der Waals surface area contributed by atoms with Crippen LogP contribution in [0.3, 0.4) is 0 Å². The normalized spacial score (nSPS) is 30.5. The highest BCUT2D eigenvalue weighted by Crippen LogP contribution is 2.51. The van der Waals surface area contributed by atoms with E-state index in [-0.39, 0.29) is 68.7 Å². The zero-order chi connectivity index (χ0) is 29.6. The Hall–Kier alpha value is -2.71. The minimum Gasteiger partial charge on any atom is -0.379 e. The van der Waals surface area contributed by atoms with Gasteiger partial charge in [-0.05, 0) is 36.8 Å². The number of likely N-dealkylation sites (tertiary alicyclic amines) is 1. The molecule has 226 valence electrons. The number of alkyl halides is 6. The van der Waals surface area contributed by atoms with E-state index in [1.807, 2.05) is 0 Å². The summed E-state index contributed by atoms with van der Waals surface area (Å²) in [7, 11) is 1.59. The lowest BCUT2D eigenvalue weighted by Crippen LogP contribution is -2.52. The predicted molar refractivity (Wildman–Crippen MR) is 132 cm³/mol. The highest BCUT2D eigenvalue weighted by molar-refractivity contribution is 5.91. The molecule has 5 rings (SSSR count). The van der Waals surface area contributed by atoms with Crippen molar-refractivity contribution in [3.8, 4) is 0 Å². The average molecular weight is 591 g/mol. The van der Waals surface area contributed by atoms with Crippen molar-refractivity contribution in [2.75, 3.05) is 40.0 Å². The molecule has 41 heavy (non-hydrogen) atoms. The number of aromatic nitrogens is 1. The molecule has 8 nitrogen and oxygen atoms in total. The van der Waals surface area contributed by atoms with E-state index < -0.39 is 29.2 Å². The van der Waals surface area contributed by atoms with Crippen molar-refractivity contribution in [1.29, 1.82) is 0 Å². The lowest BCUT2D eigenvalue weighted by atomic mass is 9.78. The fraction of sp³-hybridized carbons (Fsp3) is 0.667. The number of allylic oxidation sites excluding steroid dienone is 1. The van der Waals surface area contributed by atoms with Gasteiger partial charge in [0, 0.05) is 82.4 Å². The van der Waals surface area contributed by atoms with Crippen LogP contribution in [-0.4, -0.2) is 90.9 Å². The molecule has 5 atom stereocenters. The molecule has 1 aliphatic carbocycles. The number of nitrogens with one attached hydrogen (secondary N) is 1. The first-order valence-corrected chi connectivity index (χ1v) is 13.5. The molecule has 2 amide bonds. The first kappa shape index (κ1) is 29.8. The lowest BCUT2D eigenvalue weighted by molar-refractivity contribution is -0.144. The number of carbonyl (C=O) groups excluding carboxylic acids is 2. The first-order valence-electron chi connectivity index (χ1n) is 13.5. The van der Waals surface area contributed by atoms with Crippen LogP contribution in [0, 0.1) is 11.3 Å². The van der Waals surface area contributed by atoms with Crippen LogP contribution in [0.15, 0.2) is 24.4 Å². The predicted octanol–water partition coefficient (Wildman–Crippen LogP) is 3.10. The van der Waals surface area contributed by atoms with Crippen LogP contribution in [0.25, 0.3) is 0 Å². The molecule has 1 N–H and O–H groups in total. The Labute approximate surface area is 233 Å². The Morgan fingerprint density at radius 1 is 1.22 bits per heavy atom. The third-order valence-electron chi connectivity index (χ3n) is 8.74. The Kier molecular flexibility index (Phi) is 8.11. The summed E-state index contributed by atoms with van der Waals surface area (Å²) in [5.41, 5.74) is -1.18. The molecular formula is C27H32F6N4O4. The van der Waals surface area contributed by atoms with Crippen molar-refractivity contribution < 1.29 is 45.4 Å². The van der Waals surface area contributed by atoms with E-state index in [4.69, 9.17) is 9.47 Å². The van der Waals surface area contributed by atoms with Gasteiger partial charge in [0.1, 0.15) is 0 Å². The SMILES string of the molecule is CO[C@@H]1COCC[C@@H]1N[C@@H]1C[C@H]2CN(C(=O)C=CC(F)(F)F)C[C@@]2(C(=O)N2CCc3ncc(C(F)(F)F)cc3C2)C1. The number of carbonyl (C=O) groups is 2. The standard InChI is InChI=1S/C27H32F6N4O4/c1-40-22-14-41-7-4-21(22)35-19-9-18-13-37(23(38)2-5-26(28,29)30)15-25(18,10-19)24(39)36-6-3-20-16(12-36)8-17(11-34-20)27(31,32)33/h2,5,8,11,18-19,21-22,35H,3-4,6-7,9-10,12-15H2,1H3/t18-,19+,21-,22+,25-/m0/s1. The smallest absolute Gasteiger partial charge is 0.379 e. The molecule has 0 bridgehead atoms. The van der Waals surface area contributed by atoms with Gasteiger partial charge in [-0.25, -0.2) is 0 Å². The second kappa shape index (κ2) is 11.2. The van der Waals surface area contributed by atoms with E-state index in [9.17, 15) is 35.9 Å². The number of hydrogen-bond acceptors (Lipinski definition) is 6. The molecule has 14 heteroatoms. The highest BCUT2D eigenvalue weighted by Gasteiger charge is 2.59. The van der Waals surface area contributed by atoms with Gasteiger partial charge in [0.2, 0.25) is 11.8 Å². The van der Waals surface area contributed by atoms with Crippen LogP contribution in [0.2, 0.25) is 0 Å². The van der Waals surface area contributed by atoms with Crippen molar-refractivity contribution in [2.24, 2.45) is 11.3 Å². The summed E-state index contributed by atoms with van der Waals surface area (Å²) in [6.07, 6.45) is -6.46. The van der Waals surface area contributed by atoms with E-state index in [1.165, 1.54) is 9.80 Å². The van der Waals surface area contributed by atoms with Crippen LogP contribution in [0.5, 0.6) is 0 Å². The van der Waals surface area contributed by atoms with Gasteiger partial charge in [-0.3, -0.25) is 14.6 Å². The average Bonchev–Trinajstić information content (AvgIpc) is 3.45. The molecule has 3 fully saturated rings. The molecule has 3 aliphatic heterocycles. The van der Waals surface area contributed by atoms with Gasteiger partial charge in [-0.1, -0.05) is 0 Å². The Balaban J connectivity index is 1.38. The molecular weight excluding hydrogens is 558 g/mol. The molecule has 4 heterocycles. The second-order valence-corrected chi connectivity index (χ2v) is 11.3. The molecule has 2 saturated heterocycles. The zero-order valence-corrected chi connectivity index (χ0v) is 22.4. The monoisotopic (exact) mass is 590 g/mol. The summed E-state index contributed by atoms with van der Waals surface area (Å²) in [6.45, 7) is 1.18. The van der Waals surface area contributed by atoms with Gasteiger partial charge in [-0.15, -0.1) is 0 Å². The van der Waals surface area contributed by atoms with Gasteiger partial charge in [-0.2, -0.15) is 26.3 Å². The van der Waals surface area contributed by atoms with E-state index in [1.54, 1.807) is 7.11 Å². The molecule has 0 unspecified atom stereocenters. The van der Waals surface area contributed by atoms with Gasteiger partial charge in [0.05, 0.1) is 23.7 Å². The number of hydrogen-bond donors (Lipinski definition) is 1. The van der Waals surface area contributed by atoms with E-state index in [0.29, 0.717) is 49.8 Å². The first-order chi connectivity index (χ1) is 19.3. The van der Waals surface area contributed by atoms with E-state index in [0.717, 1.165) is 12.3 Å². The molecule has 0 spiro atoms. The Morgan fingerprint density at radius 3 is 2.71 bits per heavy atom. The Morgan fingerprint density at radius 2 is 2.00 bits per heavy atom. The van der Waals surface area contributed by atoms with Crippen molar-refractivity contribution in [3.05, 3.63) is 41.2 Å². The number of ether oxygens (including phenoxy) is 2. The summed E-state index contributed by atoms with van der Waals surface area (Å²) in [6, 6.07) is 0.868. The second-order valence-electron chi connectivity index (χ2n) is 11.3. The fourth-order valence-corrected chi connectivity index (χ4v) is 6.78. The number of nitrogens with zero attached hydrogens (tertiary/aromatic N) is 3. The van der Waals surface area contributed by atoms with Crippen LogP contribution < -0.4 is 5.32 Å². The van der Waals surface area contributed by atoms with Crippen molar-refractivity contribution in [2.45, 2.75) is 62.8 Å². The summed E-state index contributed by atoms with van der Waals surface area (Å²) >= 11 is 0. The van der Waals surface area contributed by atoms with Gasteiger partial charge < -0.3 is 24.6 Å². The maximum Gasteiger partial charge on any atom is 0.417 e. The number of methoxy groups -OCH3 is 1. The maximum absolute atomic E-state index is 14.2. The summed E-state index contributed by atoms with van der Waals surface area (Å²) in [4.78, 5) is 33.7. The van der Waals surface area contributed by atoms with E-state index in [2.05, 4.69) is 10.3 Å². The van der Waals surface area contributed by atoms with Gasteiger partial charge in [0.15, 0.2) is 0 Å². The van der Waals surface area contributed by atoms with Crippen LogP contribution >= 0.6 is 0 Å². The van der Waals surface area contributed by atoms with Crippen LogP contribution in [0.1, 0.15) is 36.1 Å². The minimum absolute atomic E-state index is 0.0223. The summed E-state index contributed by atoms with van der Waals surface area (Å²) in [5, 5.41) is 3.58. The molecule has 0 radical (unpaired) electrons. The van der Waals surface area contributed by atoms with Crippen LogP contribution in [0.4, 0.5) is 26.3 Å². The zero-order valence-electron chi connectivity index (χ0n) is 22.4. The van der Waals surface area contributed by atoms with Crippen molar-refractivity contribution in [3.63, 3.8) is 0 Å². The maximum atomic E-state index is 14.2. The Bertz CT molecular complexity index is 1190. The summed E-state index contributed by atoms with van der Waals surface area (Å²) in [5.74, 6) is -1.47. The number of pyridine rings is 1. The molecule has 1 aromatic rings. The molecule has 1 aromatic heterocycles. The third kappa shape index (κ3) is 6.24. The third-order valence-corrected chi connectivity index (χ3v) is 8.74. The number of halogens is 6. The highest BCUT2D eigenvalue weighted by atomic mass is 19.4. The molecule has 0 aromatic carbocycles. The largest absolute Gasteiger partial charge is 0.417 e. The molecule has 4 aliphatic rings. The summed E-state index contributed by atoms with van der Waals surface area (Å²) < 4.78 is 89.2. The minimum atomic E-state index is -4.65. The fourth-order valence-electron chi connectivity index (χ4n) is 6.78. The quantitative estimate of drug-likeness (QED) is 0.420. The topological polar surface area (TPSA) is 84.0 Å². The number of rotatable bonds is 5. The van der Waals surface area contributed by atoms with Gasteiger partial charge in [0.25, 0.3) is 0 Å². The van der Waals surface area contributed by atoms with Crippen molar-refractivity contribution in [1.82, 2.24) is 20.1 Å². The van der Waals surface area contributed by atoms with E-state index >= 15 is 0 Å². The van der Waals surface area contributed by atoms with Crippen LogP contribution in [-0.2, 0) is 38.2 Å². The number of fused-ring (bicyclic) bond motifs is 2. The lowest BCUT2D eigenvalue weighted by Gasteiger charge is -2.37. The number of amides is 2. The van der Waals surface area contributed by atoms with Crippen molar-refractivity contribution >= 4 is 11.8 Å². The molecule has 1 saturated carbocycles.